The maximum absolute atomic E-state index is 11.4. The van der Waals surface area contributed by atoms with Gasteiger partial charge in [0.1, 0.15) is 6.10 Å². The second kappa shape index (κ2) is 6.53. The fourth-order valence-corrected chi connectivity index (χ4v) is 1.21. The highest BCUT2D eigenvalue weighted by Crippen LogP contribution is 2.07. The third-order valence-electron chi connectivity index (χ3n) is 2.24. The number of aromatic nitrogens is 3. The molecule has 19 heavy (non-hydrogen) atoms. The Balaban J connectivity index is 2.57. The van der Waals surface area contributed by atoms with Gasteiger partial charge in [-0.2, -0.15) is 15.0 Å². The van der Waals surface area contributed by atoms with Crippen molar-refractivity contribution in [2.45, 2.75) is 26.4 Å². The van der Waals surface area contributed by atoms with Crippen LogP contribution in [0, 0.1) is 0 Å². The quantitative estimate of drug-likeness (QED) is 0.496. The van der Waals surface area contributed by atoms with Crippen molar-refractivity contribution in [3.05, 3.63) is 12.2 Å². The second-order valence-electron chi connectivity index (χ2n) is 3.97. The van der Waals surface area contributed by atoms with E-state index in [4.69, 9.17) is 16.2 Å². The molecule has 1 atom stereocenters. The smallest absolute Gasteiger partial charge is 0.333 e. The summed E-state index contributed by atoms with van der Waals surface area (Å²) < 4.78 is 5.21. The highest BCUT2D eigenvalue weighted by Gasteiger charge is 2.13. The third kappa shape index (κ3) is 4.78. The zero-order valence-electron chi connectivity index (χ0n) is 11.0. The van der Waals surface area contributed by atoms with Crippen LogP contribution in [0.15, 0.2) is 12.2 Å². The fourth-order valence-electron chi connectivity index (χ4n) is 1.21. The van der Waals surface area contributed by atoms with Crippen LogP contribution in [0.4, 0.5) is 17.8 Å². The molecule has 0 aliphatic carbocycles. The highest BCUT2D eigenvalue weighted by atomic mass is 16.5. The molecule has 0 aliphatic heterocycles. The SMILES string of the molecule is C=C(C)C(=O)OC(CC)CNc1nc(N)nc(N)n1. The lowest BCUT2D eigenvalue weighted by Crippen LogP contribution is -2.26. The molecule has 8 nitrogen and oxygen atoms in total. The topological polar surface area (TPSA) is 129 Å². The molecule has 8 heteroatoms. The largest absolute Gasteiger partial charge is 0.457 e. The van der Waals surface area contributed by atoms with Crippen molar-refractivity contribution in [1.82, 2.24) is 15.0 Å². The summed E-state index contributed by atoms with van der Waals surface area (Å²) in [6.45, 7) is 7.36. The molecule has 0 bridgehead atoms. The summed E-state index contributed by atoms with van der Waals surface area (Å²) in [4.78, 5) is 22.8. The molecule has 0 aliphatic rings. The predicted octanol–water partition coefficient (Wildman–Crippen LogP) is 0.346. The van der Waals surface area contributed by atoms with E-state index in [1.807, 2.05) is 6.92 Å². The Morgan fingerprint density at radius 1 is 1.37 bits per heavy atom. The Labute approximate surface area is 111 Å². The summed E-state index contributed by atoms with van der Waals surface area (Å²) >= 11 is 0. The zero-order valence-corrected chi connectivity index (χ0v) is 11.0. The van der Waals surface area contributed by atoms with Gasteiger partial charge >= 0.3 is 5.97 Å². The van der Waals surface area contributed by atoms with E-state index >= 15 is 0 Å². The molecule has 1 heterocycles. The van der Waals surface area contributed by atoms with Crippen molar-refractivity contribution in [2.24, 2.45) is 0 Å². The summed E-state index contributed by atoms with van der Waals surface area (Å²) in [5, 5.41) is 2.89. The van der Waals surface area contributed by atoms with E-state index in [9.17, 15) is 4.79 Å². The maximum atomic E-state index is 11.4. The molecule has 0 fully saturated rings. The maximum Gasteiger partial charge on any atom is 0.333 e. The number of nitrogens with zero attached hydrogens (tertiary/aromatic N) is 3. The number of ether oxygens (including phenoxy) is 1. The number of anilines is 3. The van der Waals surface area contributed by atoms with Crippen molar-refractivity contribution in [3.63, 3.8) is 0 Å². The highest BCUT2D eigenvalue weighted by molar-refractivity contribution is 5.87. The molecule has 104 valence electrons. The first-order chi connectivity index (χ1) is 8.92. The second-order valence-corrected chi connectivity index (χ2v) is 3.97. The molecule has 0 saturated carbocycles. The number of carbonyl (C=O) groups excluding carboxylic acids is 1. The van der Waals surface area contributed by atoms with Gasteiger partial charge in [-0.05, 0) is 13.3 Å². The number of carbonyl (C=O) groups is 1. The van der Waals surface area contributed by atoms with Gasteiger partial charge in [-0.3, -0.25) is 0 Å². The average molecular weight is 266 g/mol. The van der Waals surface area contributed by atoms with Crippen LogP contribution in [-0.4, -0.2) is 33.6 Å². The summed E-state index contributed by atoms with van der Waals surface area (Å²) in [6.07, 6.45) is 0.325. The van der Waals surface area contributed by atoms with E-state index < -0.39 is 5.97 Å². The zero-order chi connectivity index (χ0) is 14.4. The van der Waals surface area contributed by atoms with Gasteiger partial charge in [-0.15, -0.1) is 0 Å². The van der Waals surface area contributed by atoms with E-state index in [0.29, 0.717) is 18.5 Å². The minimum Gasteiger partial charge on any atom is -0.457 e. The number of hydrogen-bond donors (Lipinski definition) is 3. The molecule has 0 aromatic carbocycles. The standard InChI is InChI=1S/C11H18N6O2/c1-4-7(19-8(18)6(2)3)5-14-11-16-9(12)15-10(13)17-11/h7H,2,4-5H2,1,3H3,(H5,12,13,14,15,16,17). The molecule has 0 amide bonds. The first kappa shape index (κ1) is 14.7. The van der Waals surface area contributed by atoms with Crippen LogP contribution in [0.5, 0.6) is 0 Å². The van der Waals surface area contributed by atoms with Crippen LogP contribution in [-0.2, 0) is 9.53 Å². The number of nitrogen functional groups attached to an aromatic ring is 2. The van der Waals surface area contributed by atoms with Gasteiger partial charge in [0.25, 0.3) is 0 Å². The van der Waals surface area contributed by atoms with E-state index in [0.717, 1.165) is 0 Å². The third-order valence-corrected chi connectivity index (χ3v) is 2.24. The van der Waals surface area contributed by atoms with Crippen LogP contribution in [0.25, 0.3) is 0 Å². The Hall–Kier alpha value is -2.38. The molecule has 1 aromatic heterocycles. The number of rotatable bonds is 6. The Bertz CT molecular complexity index is 456. The number of esters is 1. The minimum absolute atomic E-state index is 0.0296. The van der Waals surface area contributed by atoms with E-state index in [1.54, 1.807) is 6.92 Å². The van der Waals surface area contributed by atoms with Gasteiger partial charge in [0.2, 0.25) is 17.8 Å². The van der Waals surface area contributed by atoms with Crippen LogP contribution < -0.4 is 16.8 Å². The van der Waals surface area contributed by atoms with Crippen molar-refractivity contribution in [3.8, 4) is 0 Å². The summed E-state index contributed by atoms with van der Waals surface area (Å²) in [5.74, 6) is -0.123. The summed E-state index contributed by atoms with van der Waals surface area (Å²) in [5.41, 5.74) is 11.2. The van der Waals surface area contributed by atoms with Crippen LogP contribution in [0.2, 0.25) is 0 Å². The predicted molar refractivity (Wildman–Crippen MR) is 72.1 cm³/mol. The molecule has 0 spiro atoms. The normalized spacial score (nSPS) is 11.7. The average Bonchev–Trinajstić information content (AvgIpc) is 2.32. The first-order valence-corrected chi connectivity index (χ1v) is 5.79. The van der Waals surface area contributed by atoms with Gasteiger partial charge in [0.15, 0.2) is 0 Å². The molecule has 1 aromatic rings. The lowest BCUT2D eigenvalue weighted by molar-refractivity contribution is -0.143. The summed E-state index contributed by atoms with van der Waals surface area (Å²) in [7, 11) is 0. The van der Waals surface area contributed by atoms with Crippen molar-refractivity contribution < 1.29 is 9.53 Å². The lowest BCUT2D eigenvalue weighted by atomic mass is 10.2. The monoisotopic (exact) mass is 266 g/mol. The van der Waals surface area contributed by atoms with Crippen molar-refractivity contribution >= 4 is 23.8 Å². The van der Waals surface area contributed by atoms with Gasteiger partial charge in [0, 0.05) is 5.57 Å². The fraction of sp³-hybridized carbons (Fsp3) is 0.455. The van der Waals surface area contributed by atoms with Crippen molar-refractivity contribution in [2.75, 3.05) is 23.3 Å². The number of nitrogens with two attached hydrogens (primary N) is 2. The van der Waals surface area contributed by atoms with Crippen molar-refractivity contribution in [1.29, 1.82) is 0 Å². The van der Waals surface area contributed by atoms with Gasteiger partial charge in [0.05, 0.1) is 6.54 Å². The van der Waals surface area contributed by atoms with Gasteiger partial charge in [-0.1, -0.05) is 13.5 Å². The van der Waals surface area contributed by atoms with Crippen LogP contribution in [0.3, 0.4) is 0 Å². The molecule has 0 radical (unpaired) electrons. The molecular weight excluding hydrogens is 248 g/mol. The minimum atomic E-state index is -0.427. The molecule has 1 rings (SSSR count). The molecule has 1 unspecified atom stereocenters. The van der Waals surface area contributed by atoms with Gasteiger partial charge < -0.3 is 21.5 Å². The Morgan fingerprint density at radius 2 is 1.95 bits per heavy atom. The first-order valence-electron chi connectivity index (χ1n) is 5.79. The number of hydrogen-bond acceptors (Lipinski definition) is 8. The van der Waals surface area contributed by atoms with E-state index in [-0.39, 0.29) is 23.9 Å². The van der Waals surface area contributed by atoms with E-state index in [2.05, 4.69) is 26.8 Å². The number of nitrogens with one attached hydrogen (secondary N) is 1. The molecule has 5 N–H and O–H groups in total. The molecular formula is C11H18N6O2. The van der Waals surface area contributed by atoms with Crippen LogP contribution in [0.1, 0.15) is 20.3 Å². The lowest BCUT2D eigenvalue weighted by Gasteiger charge is -2.16. The summed E-state index contributed by atoms with van der Waals surface area (Å²) in [6, 6.07) is 0. The van der Waals surface area contributed by atoms with Crippen LogP contribution >= 0.6 is 0 Å². The molecule has 0 saturated heterocycles. The van der Waals surface area contributed by atoms with Gasteiger partial charge in [-0.25, -0.2) is 4.79 Å². The Kier molecular flexibility index (Phi) is 5.04. The Morgan fingerprint density at radius 3 is 2.42 bits per heavy atom. The van der Waals surface area contributed by atoms with E-state index in [1.165, 1.54) is 0 Å².